The number of nitrogens with zero attached hydrogens (tertiary/aromatic N) is 1. The zero-order valence-electron chi connectivity index (χ0n) is 10.6. The number of methoxy groups -OCH3 is 2. The Morgan fingerprint density at radius 1 is 1.50 bits per heavy atom. The van der Waals surface area contributed by atoms with Gasteiger partial charge in [0.25, 0.3) is 0 Å². The van der Waals surface area contributed by atoms with Crippen molar-refractivity contribution in [1.82, 2.24) is 4.98 Å². The minimum atomic E-state index is -0.606. The highest BCUT2D eigenvalue weighted by atomic mass is 16.5. The number of hydrogen-bond donors (Lipinski definition) is 1. The Morgan fingerprint density at radius 3 is 2.78 bits per heavy atom. The molecule has 0 amide bonds. The molecule has 0 bridgehead atoms. The van der Waals surface area contributed by atoms with Crippen molar-refractivity contribution in [1.29, 1.82) is 0 Å². The van der Waals surface area contributed by atoms with Crippen LogP contribution in [0.5, 0.6) is 5.75 Å². The van der Waals surface area contributed by atoms with E-state index >= 15 is 0 Å². The first-order valence-corrected chi connectivity index (χ1v) is 5.35. The molecule has 0 spiro atoms. The molecule has 0 atom stereocenters. The molecule has 0 saturated carbocycles. The lowest BCUT2D eigenvalue weighted by molar-refractivity contribution is 0.0590. The van der Waals surface area contributed by atoms with Crippen LogP contribution < -0.4 is 10.5 Å². The number of ether oxygens (including phenoxy) is 3. The molecule has 2 N–H and O–H groups in total. The SMILES string of the molecule is CCOC=Cc1cc(N)c(OC)c(C(=O)OC)n1. The molecule has 6 heteroatoms. The summed E-state index contributed by atoms with van der Waals surface area (Å²) in [7, 11) is 2.68. The first-order valence-electron chi connectivity index (χ1n) is 5.35. The number of nitrogens with two attached hydrogens (primary N) is 1. The summed E-state index contributed by atoms with van der Waals surface area (Å²) < 4.78 is 14.7. The number of esters is 1. The van der Waals surface area contributed by atoms with Gasteiger partial charge in [0.2, 0.25) is 0 Å². The Balaban J connectivity index is 3.17. The van der Waals surface area contributed by atoms with E-state index in [0.29, 0.717) is 18.0 Å². The summed E-state index contributed by atoms with van der Waals surface area (Å²) in [6, 6.07) is 1.58. The molecule has 1 aromatic heterocycles. The third kappa shape index (κ3) is 3.13. The van der Waals surface area contributed by atoms with Crippen molar-refractivity contribution in [2.75, 3.05) is 26.6 Å². The number of carbonyl (C=O) groups is 1. The summed E-state index contributed by atoms with van der Waals surface area (Å²) in [4.78, 5) is 15.7. The van der Waals surface area contributed by atoms with Crippen molar-refractivity contribution in [3.63, 3.8) is 0 Å². The molecule has 1 heterocycles. The molecule has 0 aromatic carbocycles. The highest BCUT2D eigenvalue weighted by molar-refractivity contribution is 5.92. The van der Waals surface area contributed by atoms with Gasteiger partial charge in [0, 0.05) is 0 Å². The smallest absolute Gasteiger partial charge is 0.360 e. The predicted molar refractivity (Wildman–Crippen MR) is 67.2 cm³/mol. The van der Waals surface area contributed by atoms with E-state index in [0.717, 1.165) is 0 Å². The highest BCUT2D eigenvalue weighted by Crippen LogP contribution is 2.26. The largest absolute Gasteiger partial charge is 0.501 e. The average Bonchev–Trinajstić information content (AvgIpc) is 2.37. The first-order chi connectivity index (χ1) is 8.63. The highest BCUT2D eigenvalue weighted by Gasteiger charge is 2.18. The van der Waals surface area contributed by atoms with Crippen LogP contribution in [0, 0.1) is 0 Å². The average molecular weight is 252 g/mol. The van der Waals surface area contributed by atoms with Gasteiger partial charge >= 0.3 is 5.97 Å². The van der Waals surface area contributed by atoms with E-state index in [4.69, 9.17) is 15.2 Å². The van der Waals surface area contributed by atoms with Crippen LogP contribution >= 0.6 is 0 Å². The number of carbonyl (C=O) groups excluding carboxylic acids is 1. The molecule has 1 aromatic rings. The fourth-order valence-corrected chi connectivity index (χ4v) is 1.32. The van der Waals surface area contributed by atoms with Gasteiger partial charge in [-0.1, -0.05) is 0 Å². The van der Waals surface area contributed by atoms with Crippen molar-refractivity contribution in [3.8, 4) is 5.75 Å². The van der Waals surface area contributed by atoms with Crippen LogP contribution in [-0.4, -0.2) is 31.8 Å². The standard InChI is InChI=1S/C12H16N2O4/c1-4-18-6-5-8-7-9(13)11(16-2)10(14-8)12(15)17-3/h5-7H,4H2,1-3H3,(H2,13,14). The van der Waals surface area contributed by atoms with Crippen molar-refractivity contribution < 1.29 is 19.0 Å². The molecule has 98 valence electrons. The molecule has 0 radical (unpaired) electrons. The monoisotopic (exact) mass is 252 g/mol. The van der Waals surface area contributed by atoms with Crippen molar-refractivity contribution >= 4 is 17.7 Å². The minimum absolute atomic E-state index is 0.0381. The zero-order chi connectivity index (χ0) is 13.5. The van der Waals surface area contributed by atoms with E-state index in [1.165, 1.54) is 20.5 Å². The molecule has 0 saturated heterocycles. The van der Waals surface area contributed by atoms with Gasteiger partial charge in [-0.15, -0.1) is 0 Å². The van der Waals surface area contributed by atoms with E-state index < -0.39 is 5.97 Å². The van der Waals surface area contributed by atoms with E-state index in [1.54, 1.807) is 12.1 Å². The summed E-state index contributed by atoms with van der Waals surface area (Å²) >= 11 is 0. The van der Waals surface area contributed by atoms with Gasteiger partial charge in [-0.3, -0.25) is 0 Å². The maximum absolute atomic E-state index is 11.6. The first kappa shape index (κ1) is 13.8. The quantitative estimate of drug-likeness (QED) is 0.631. The molecular formula is C12H16N2O4. The summed E-state index contributed by atoms with van der Waals surface area (Å²) in [6.45, 7) is 2.41. The lowest BCUT2D eigenvalue weighted by Gasteiger charge is -2.09. The molecule has 6 nitrogen and oxygen atoms in total. The minimum Gasteiger partial charge on any atom is -0.501 e. The van der Waals surface area contributed by atoms with Crippen LogP contribution in [0.15, 0.2) is 12.3 Å². The number of rotatable bonds is 5. The van der Waals surface area contributed by atoms with E-state index in [-0.39, 0.29) is 11.4 Å². The number of aromatic nitrogens is 1. The van der Waals surface area contributed by atoms with Crippen LogP contribution in [0.1, 0.15) is 23.1 Å². The Bertz CT molecular complexity index is 458. The normalized spacial score (nSPS) is 10.4. The number of nitrogen functional groups attached to an aromatic ring is 1. The lowest BCUT2D eigenvalue weighted by atomic mass is 10.2. The molecule has 0 aliphatic rings. The zero-order valence-corrected chi connectivity index (χ0v) is 10.6. The van der Waals surface area contributed by atoms with Crippen LogP contribution in [0.2, 0.25) is 0 Å². The second-order valence-corrected chi connectivity index (χ2v) is 3.27. The number of hydrogen-bond acceptors (Lipinski definition) is 6. The predicted octanol–water partition coefficient (Wildman–Crippen LogP) is 1.47. The van der Waals surface area contributed by atoms with E-state index in [2.05, 4.69) is 9.72 Å². The van der Waals surface area contributed by atoms with Crippen molar-refractivity contribution in [2.45, 2.75) is 6.92 Å². The maximum Gasteiger partial charge on any atom is 0.360 e. The molecule has 0 aliphatic heterocycles. The van der Waals surface area contributed by atoms with Gasteiger partial charge in [0.05, 0.1) is 38.5 Å². The van der Waals surface area contributed by atoms with Crippen molar-refractivity contribution in [2.24, 2.45) is 0 Å². The molecule has 0 aliphatic carbocycles. The summed E-state index contributed by atoms with van der Waals surface area (Å²) in [5, 5.41) is 0. The molecular weight excluding hydrogens is 236 g/mol. The van der Waals surface area contributed by atoms with E-state index in [1.807, 2.05) is 6.92 Å². The van der Waals surface area contributed by atoms with Gasteiger partial charge in [-0.05, 0) is 19.1 Å². The summed E-state index contributed by atoms with van der Waals surface area (Å²) in [6.07, 6.45) is 3.08. The molecule has 18 heavy (non-hydrogen) atoms. The Hall–Kier alpha value is -2.24. The molecule has 1 rings (SSSR count). The Labute approximate surface area is 105 Å². The van der Waals surface area contributed by atoms with Crippen LogP contribution in [0.3, 0.4) is 0 Å². The topological polar surface area (TPSA) is 83.7 Å². The fraction of sp³-hybridized carbons (Fsp3) is 0.333. The Morgan fingerprint density at radius 2 is 2.22 bits per heavy atom. The Kier molecular flexibility index (Phi) is 4.98. The van der Waals surface area contributed by atoms with Gasteiger partial charge in [-0.2, -0.15) is 0 Å². The van der Waals surface area contributed by atoms with Crippen LogP contribution in [0.4, 0.5) is 5.69 Å². The second kappa shape index (κ2) is 6.48. The van der Waals surface area contributed by atoms with E-state index in [9.17, 15) is 4.79 Å². The second-order valence-electron chi connectivity index (χ2n) is 3.27. The van der Waals surface area contributed by atoms with Gasteiger partial charge in [0.1, 0.15) is 0 Å². The fourth-order valence-electron chi connectivity index (χ4n) is 1.32. The maximum atomic E-state index is 11.6. The summed E-state index contributed by atoms with van der Waals surface area (Å²) in [5.41, 5.74) is 6.62. The molecule has 0 unspecified atom stereocenters. The number of pyridine rings is 1. The van der Waals surface area contributed by atoms with Gasteiger partial charge in [0.15, 0.2) is 11.4 Å². The number of anilines is 1. The third-order valence-corrected chi connectivity index (χ3v) is 2.11. The lowest BCUT2D eigenvalue weighted by Crippen LogP contribution is -2.10. The molecule has 0 fully saturated rings. The van der Waals surface area contributed by atoms with Gasteiger partial charge < -0.3 is 19.9 Å². The third-order valence-electron chi connectivity index (χ3n) is 2.11. The van der Waals surface area contributed by atoms with Gasteiger partial charge in [-0.25, -0.2) is 9.78 Å². The van der Waals surface area contributed by atoms with Crippen LogP contribution in [0.25, 0.3) is 6.08 Å². The summed E-state index contributed by atoms with van der Waals surface area (Å²) in [5.74, 6) is -0.402. The van der Waals surface area contributed by atoms with Crippen molar-refractivity contribution in [3.05, 3.63) is 23.7 Å². The van der Waals surface area contributed by atoms with Crippen LogP contribution in [-0.2, 0) is 9.47 Å².